The molecule has 1 atom stereocenters. The summed E-state index contributed by atoms with van der Waals surface area (Å²) >= 11 is 11.2. The van der Waals surface area contributed by atoms with E-state index in [-0.39, 0.29) is 15.6 Å². The standard InChI is InChI=1S/C8H6Cl2FNO2/c9-3-1-2-4(11)5(6(3)10)7(12)8(13)14/h1-2,7H,12H2,(H,13,14)/t7-/m1/s1. The van der Waals surface area contributed by atoms with Crippen molar-refractivity contribution in [1.29, 1.82) is 0 Å². The van der Waals surface area contributed by atoms with Crippen LogP contribution in [-0.2, 0) is 4.79 Å². The number of nitrogens with two attached hydrogens (primary N) is 1. The topological polar surface area (TPSA) is 63.3 Å². The van der Waals surface area contributed by atoms with Gasteiger partial charge in [-0.2, -0.15) is 0 Å². The summed E-state index contributed by atoms with van der Waals surface area (Å²) in [5.74, 6) is -2.15. The fourth-order valence-corrected chi connectivity index (χ4v) is 1.39. The van der Waals surface area contributed by atoms with Gasteiger partial charge in [0.25, 0.3) is 0 Å². The van der Waals surface area contributed by atoms with E-state index in [0.29, 0.717) is 0 Å². The Morgan fingerprint density at radius 1 is 1.50 bits per heavy atom. The summed E-state index contributed by atoms with van der Waals surface area (Å²) in [6.07, 6.45) is 0. The highest BCUT2D eigenvalue weighted by Gasteiger charge is 2.23. The number of carboxylic acid groups (broad SMARTS) is 1. The summed E-state index contributed by atoms with van der Waals surface area (Å²) in [5, 5.41) is 8.49. The number of carbonyl (C=O) groups is 1. The summed E-state index contributed by atoms with van der Waals surface area (Å²) < 4.78 is 13.2. The van der Waals surface area contributed by atoms with Crippen molar-refractivity contribution in [3.8, 4) is 0 Å². The molecule has 0 aromatic heterocycles. The predicted octanol–water partition coefficient (Wildman–Crippen LogP) is 2.22. The van der Waals surface area contributed by atoms with Crippen molar-refractivity contribution >= 4 is 29.2 Å². The summed E-state index contributed by atoms with van der Waals surface area (Å²) in [4.78, 5) is 10.5. The molecular formula is C8H6Cl2FNO2. The van der Waals surface area contributed by atoms with Crippen LogP contribution in [0.25, 0.3) is 0 Å². The molecule has 0 aliphatic rings. The van der Waals surface area contributed by atoms with Crippen molar-refractivity contribution in [2.75, 3.05) is 0 Å². The normalized spacial score (nSPS) is 12.6. The maximum absolute atomic E-state index is 13.2. The highest BCUT2D eigenvalue weighted by atomic mass is 35.5. The summed E-state index contributed by atoms with van der Waals surface area (Å²) in [6, 6.07) is 0.741. The average molecular weight is 238 g/mol. The Hall–Kier alpha value is -0.840. The molecule has 0 unspecified atom stereocenters. The zero-order valence-corrected chi connectivity index (χ0v) is 8.31. The van der Waals surface area contributed by atoms with E-state index in [1.165, 1.54) is 6.07 Å². The van der Waals surface area contributed by atoms with Crippen LogP contribution in [0.4, 0.5) is 4.39 Å². The highest BCUT2D eigenvalue weighted by molar-refractivity contribution is 6.42. The third-order valence-electron chi connectivity index (χ3n) is 1.66. The van der Waals surface area contributed by atoms with Crippen molar-refractivity contribution in [2.45, 2.75) is 6.04 Å². The molecule has 0 saturated carbocycles. The van der Waals surface area contributed by atoms with Crippen molar-refractivity contribution < 1.29 is 14.3 Å². The molecule has 1 aromatic rings. The van der Waals surface area contributed by atoms with Gasteiger partial charge in [-0.25, -0.2) is 4.39 Å². The van der Waals surface area contributed by atoms with Crippen LogP contribution in [0.5, 0.6) is 0 Å². The van der Waals surface area contributed by atoms with Gasteiger partial charge in [0.05, 0.1) is 10.0 Å². The lowest BCUT2D eigenvalue weighted by Gasteiger charge is -2.10. The SMILES string of the molecule is N[C@@H](C(=O)O)c1c(F)ccc(Cl)c1Cl. The maximum Gasteiger partial charge on any atom is 0.325 e. The van der Waals surface area contributed by atoms with Crippen LogP contribution >= 0.6 is 23.2 Å². The average Bonchev–Trinajstić information content (AvgIpc) is 2.12. The number of benzene rings is 1. The molecule has 0 spiro atoms. The van der Waals surface area contributed by atoms with Gasteiger partial charge in [-0.15, -0.1) is 0 Å². The second kappa shape index (κ2) is 4.13. The Kier molecular flexibility index (Phi) is 3.31. The molecule has 6 heteroatoms. The van der Waals surface area contributed by atoms with Gasteiger partial charge in [0.15, 0.2) is 0 Å². The highest BCUT2D eigenvalue weighted by Crippen LogP contribution is 2.31. The van der Waals surface area contributed by atoms with Gasteiger partial charge in [-0.1, -0.05) is 23.2 Å². The van der Waals surface area contributed by atoms with Gasteiger partial charge >= 0.3 is 5.97 Å². The molecule has 3 N–H and O–H groups in total. The Bertz CT molecular complexity index is 384. The molecule has 0 heterocycles. The van der Waals surface area contributed by atoms with Gasteiger partial charge < -0.3 is 10.8 Å². The zero-order valence-electron chi connectivity index (χ0n) is 6.80. The van der Waals surface area contributed by atoms with Gasteiger partial charge in [0.2, 0.25) is 0 Å². The van der Waals surface area contributed by atoms with Gasteiger partial charge in [-0.3, -0.25) is 4.79 Å². The van der Waals surface area contributed by atoms with Crippen LogP contribution in [-0.4, -0.2) is 11.1 Å². The Labute approximate surface area is 89.2 Å². The molecule has 0 bridgehead atoms. The number of rotatable bonds is 2. The minimum Gasteiger partial charge on any atom is -0.480 e. The molecular weight excluding hydrogens is 232 g/mol. The first-order chi connectivity index (χ1) is 6.45. The van der Waals surface area contributed by atoms with E-state index in [4.69, 9.17) is 34.0 Å². The molecule has 0 aliphatic carbocycles. The minimum absolute atomic E-state index is 0.0692. The molecule has 0 aliphatic heterocycles. The fraction of sp³-hybridized carbons (Fsp3) is 0.125. The fourth-order valence-electron chi connectivity index (χ4n) is 0.951. The van der Waals surface area contributed by atoms with Crippen LogP contribution in [0, 0.1) is 5.82 Å². The van der Waals surface area contributed by atoms with E-state index in [0.717, 1.165) is 6.07 Å². The Morgan fingerprint density at radius 2 is 2.07 bits per heavy atom. The van der Waals surface area contributed by atoms with E-state index in [1.807, 2.05) is 0 Å². The maximum atomic E-state index is 13.2. The van der Waals surface area contributed by atoms with E-state index >= 15 is 0 Å². The zero-order chi connectivity index (χ0) is 10.9. The van der Waals surface area contributed by atoms with Crippen molar-refractivity contribution in [1.82, 2.24) is 0 Å². The molecule has 0 amide bonds. The predicted molar refractivity (Wildman–Crippen MR) is 51.0 cm³/mol. The molecule has 0 saturated heterocycles. The van der Waals surface area contributed by atoms with Crippen molar-refractivity contribution in [2.24, 2.45) is 5.73 Å². The third kappa shape index (κ3) is 1.97. The third-order valence-corrected chi connectivity index (χ3v) is 2.48. The Morgan fingerprint density at radius 3 is 2.57 bits per heavy atom. The van der Waals surface area contributed by atoms with E-state index < -0.39 is 17.8 Å². The molecule has 1 rings (SSSR count). The van der Waals surface area contributed by atoms with E-state index in [2.05, 4.69) is 0 Å². The second-order valence-corrected chi connectivity index (χ2v) is 3.36. The van der Waals surface area contributed by atoms with Gasteiger partial charge in [-0.05, 0) is 12.1 Å². The first kappa shape index (κ1) is 11.2. The molecule has 0 fully saturated rings. The molecule has 3 nitrogen and oxygen atoms in total. The van der Waals surface area contributed by atoms with Gasteiger partial charge in [0, 0.05) is 5.56 Å². The monoisotopic (exact) mass is 237 g/mol. The Balaban J connectivity index is 3.32. The van der Waals surface area contributed by atoms with Crippen molar-refractivity contribution in [3.05, 3.63) is 33.6 Å². The van der Waals surface area contributed by atoms with Crippen molar-refractivity contribution in [3.63, 3.8) is 0 Å². The molecule has 1 aromatic carbocycles. The minimum atomic E-state index is -1.51. The molecule has 14 heavy (non-hydrogen) atoms. The smallest absolute Gasteiger partial charge is 0.325 e. The summed E-state index contributed by atoms with van der Waals surface area (Å²) in [6.45, 7) is 0. The largest absolute Gasteiger partial charge is 0.480 e. The van der Waals surface area contributed by atoms with Crippen LogP contribution in [0.3, 0.4) is 0 Å². The van der Waals surface area contributed by atoms with Crippen LogP contribution < -0.4 is 5.73 Å². The van der Waals surface area contributed by atoms with Crippen LogP contribution in [0.1, 0.15) is 11.6 Å². The number of aliphatic carboxylic acids is 1. The molecule has 76 valence electrons. The lowest BCUT2D eigenvalue weighted by Crippen LogP contribution is -2.22. The summed E-state index contributed by atoms with van der Waals surface area (Å²) in [7, 11) is 0. The van der Waals surface area contributed by atoms with E-state index in [1.54, 1.807) is 0 Å². The summed E-state index contributed by atoms with van der Waals surface area (Å²) in [5.41, 5.74) is 4.93. The van der Waals surface area contributed by atoms with Gasteiger partial charge in [0.1, 0.15) is 11.9 Å². The number of hydrogen-bond acceptors (Lipinski definition) is 2. The first-order valence-corrected chi connectivity index (χ1v) is 4.32. The quantitative estimate of drug-likeness (QED) is 0.776. The van der Waals surface area contributed by atoms with E-state index in [9.17, 15) is 9.18 Å². The first-order valence-electron chi connectivity index (χ1n) is 3.57. The van der Waals surface area contributed by atoms with Crippen LogP contribution in [0.2, 0.25) is 10.0 Å². The number of carboxylic acids is 1. The second-order valence-electron chi connectivity index (χ2n) is 2.57. The number of halogens is 3. The number of hydrogen-bond donors (Lipinski definition) is 2. The lowest BCUT2D eigenvalue weighted by atomic mass is 10.1. The lowest BCUT2D eigenvalue weighted by molar-refractivity contribution is -0.138. The van der Waals surface area contributed by atoms with Crippen LogP contribution in [0.15, 0.2) is 12.1 Å². The molecule has 0 radical (unpaired) electrons.